The molecule has 1 aromatic heterocycles. The van der Waals surface area contributed by atoms with Crippen molar-refractivity contribution in [2.45, 2.75) is 51.6 Å². The number of piperidine rings is 1. The fourth-order valence-corrected chi connectivity index (χ4v) is 6.03. The number of ether oxygens (including phenoxy) is 1. The van der Waals surface area contributed by atoms with Crippen molar-refractivity contribution in [1.29, 1.82) is 0 Å². The molecule has 1 fully saturated rings. The maximum absolute atomic E-state index is 13.2. The van der Waals surface area contributed by atoms with Crippen molar-refractivity contribution in [2.24, 2.45) is 5.92 Å². The minimum Gasteiger partial charge on any atom is -0.507 e. The lowest BCUT2D eigenvalue weighted by atomic mass is 9.83. The van der Waals surface area contributed by atoms with Crippen molar-refractivity contribution in [2.75, 3.05) is 13.1 Å². The van der Waals surface area contributed by atoms with Gasteiger partial charge in [-0.15, -0.1) is 0 Å². The molecule has 0 unspecified atom stereocenters. The maximum atomic E-state index is 13.2. The van der Waals surface area contributed by atoms with Gasteiger partial charge in [0.05, 0.1) is 11.1 Å². The number of hydrogen-bond donors (Lipinski definition) is 1. The summed E-state index contributed by atoms with van der Waals surface area (Å²) in [7, 11) is 0. The van der Waals surface area contributed by atoms with Gasteiger partial charge >= 0.3 is 0 Å². The smallest absolute Gasteiger partial charge is 0.250 e. The first-order valence-corrected chi connectivity index (χ1v) is 13.0. The summed E-state index contributed by atoms with van der Waals surface area (Å²) in [6.07, 6.45) is 2.84. The van der Waals surface area contributed by atoms with Gasteiger partial charge in [-0.2, -0.15) is 0 Å². The van der Waals surface area contributed by atoms with Crippen LogP contribution in [0.3, 0.4) is 0 Å². The van der Waals surface area contributed by atoms with Gasteiger partial charge in [0.15, 0.2) is 5.76 Å². The Kier molecular flexibility index (Phi) is 5.60. The lowest BCUT2D eigenvalue weighted by Gasteiger charge is -2.42. The Morgan fingerprint density at radius 2 is 1.78 bits per heavy atom. The molecule has 2 atom stereocenters. The lowest BCUT2D eigenvalue weighted by Crippen LogP contribution is -2.46. The van der Waals surface area contributed by atoms with E-state index in [4.69, 9.17) is 4.74 Å². The summed E-state index contributed by atoms with van der Waals surface area (Å²) < 4.78 is 8.04. The Hall–Kier alpha value is -3.64. The first kappa shape index (κ1) is 23.7. The topological polar surface area (TPSA) is 71.8 Å². The third kappa shape index (κ3) is 4.29. The third-order valence-electron chi connectivity index (χ3n) is 7.93. The van der Waals surface area contributed by atoms with E-state index in [1.165, 1.54) is 5.56 Å². The highest BCUT2D eigenvalue weighted by Gasteiger charge is 2.37. The number of nitrogens with zero attached hydrogens (tertiary/aromatic N) is 2. The number of fused-ring (bicyclic) bond motifs is 5. The van der Waals surface area contributed by atoms with Crippen LogP contribution in [-0.2, 0) is 18.5 Å². The molecule has 0 amide bonds. The Balaban J connectivity index is 1.25. The average molecular weight is 497 g/mol. The van der Waals surface area contributed by atoms with Gasteiger partial charge < -0.3 is 14.4 Å². The zero-order valence-corrected chi connectivity index (χ0v) is 21.5. The highest BCUT2D eigenvalue weighted by molar-refractivity contribution is 6.15. The van der Waals surface area contributed by atoms with E-state index in [0.717, 1.165) is 37.3 Å². The van der Waals surface area contributed by atoms with Gasteiger partial charge in [-0.3, -0.25) is 14.5 Å². The molecular weight excluding hydrogens is 464 g/mol. The predicted molar refractivity (Wildman–Crippen MR) is 143 cm³/mol. The number of allylic oxidation sites excluding steroid dienone is 1. The second-order valence-corrected chi connectivity index (χ2v) is 11.6. The van der Waals surface area contributed by atoms with Gasteiger partial charge in [-0.1, -0.05) is 51.1 Å². The van der Waals surface area contributed by atoms with Gasteiger partial charge in [-0.05, 0) is 53.2 Å². The molecule has 0 saturated carbocycles. The fraction of sp³-hybridized carbons (Fsp3) is 0.355. The first-order valence-electron chi connectivity index (χ1n) is 13.0. The summed E-state index contributed by atoms with van der Waals surface area (Å²) in [5, 5.41) is 10.8. The summed E-state index contributed by atoms with van der Waals surface area (Å²) in [5.41, 5.74) is 4.46. The molecule has 1 saturated heterocycles. The van der Waals surface area contributed by atoms with E-state index >= 15 is 0 Å². The molecule has 6 nitrogen and oxygen atoms in total. The quantitative estimate of drug-likeness (QED) is 0.512. The number of rotatable bonds is 3. The zero-order chi connectivity index (χ0) is 25.9. The molecule has 2 bridgehead atoms. The molecule has 3 aromatic rings. The minimum atomic E-state index is -0.167. The number of pyridine rings is 1. The van der Waals surface area contributed by atoms with Crippen molar-refractivity contribution >= 4 is 11.9 Å². The Morgan fingerprint density at radius 1 is 1.00 bits per heavy atom. The highest BCUT2D eigenvalue weighted by atomic mass is 16.5. The van der Waals surface area contributed by atoms with Gasteiger partial charge in [0.1, 0.15) is 11.5 Å². The maximum Gasteiger partial charge on any atom is 0.250 e. The second kappa shape index (κ2) is 8.73. The predicted octanol–water partition coefficient (Wildman–Crippen LogP) is 5.09. The molecular formula is C31H32N2O4. The number of likely N-dealkylation sites (tertiary alicyclic amines) is 1. The summed E-state index contributed by atoms with van der Waals surface area (Å²) in [6, 6.07) is 16.9. The summed E-state index contributed by atoms with van der Waals surface area (Å²) in [6.45, 7) is 9.34. The molecule has 37 heavy (non-hydrogen) atoms. The molecule has 6 heteroatoms. The number of phenolic OH excluding ortho intramolecular Hbond substituents is 1. The molecule has 0 spiro atoms. The van der Waals surface area contributed by atoms with Crippen LogP contribution in [0.25, 0.3) is 6.08 Å². The minimum absolute atomic E-state index is 0.0546. The van der Waals surface area contributed by atoms with Crippen LogP contribution >= 0.6 is 0 Å². The number of aromatic hydroxyl groups is 1. The number of Topliss-reactive ketones (excluding diaryl/α,β-unsaturated/α-hetero) is 1. The van der Waals surface area contributed by atoms with Crippen molar-refractivity contribution in [1.82, 2.24) is 9.47 Å². The van der Waals surface area contributed by atoms with E-state index in [0.29, 0.717) is 29.3 Å². The number of carbonyl (C=O) groups is 1. The third-order valence-corrected chi connectivity index (χ3v) is 7.93. The summed E-state index contributed by atoms with van der Waals surface area (Å²) in [4.78, 5) is 27.9. The fourth-order valence-electron chi connectivity index (χ4n) is 6.03. The van der Waals surface area contributed by atoms with Crippen molar-refractivity contribution in [3.05, 3.63) is 98.7 Å². The first-order chi connectivity index (χ1) is 17.7. The van der Waals surface area contributed by atoms with Gasteiger partial charge in [0.25, 0.3) is 5.56 Å². The van der Waals surface area contributed by atoms with E-state index in [1.54, 1.807) is 24.3 Å². The van der Waals surface area contributed by atoms with Crippen LogP contribution in [0.4, 0.5) is 0 Å². The van der Waals surface area contributed by atoms with Crippen LogP contribution in [0.15, 0.2) is 65.2 Å². The molecule has 2 aromatic carbocycles. The number of hydrogen-bond acceptors (Lipinski definition) is 5. The van der Waals surface area contributed by atoms with E-state index < -0.39 is 0 Å². The summed E-state index contributed by atoms with van der Waals surface area (Å²) in [5.74, 6) is 1.34. The molecule has 0 aliphatic carbocycles. The zero-order valence-electron chi connectivity index (χ0n) is 21.5. The Bertz CT molecular complexity index is 1480. The highest BCUT2D eigenvalue weighted by Crippen LogP contribution is 2.42. The van der Waals surface area contributed by atoms with Crippen molar-refractivity contribution in [3.8, 4) is 11.5 Å². The number of phenols is 1. The monoisotopic (exact) mass is 496 g/mol. The van der Waals surface area contributed by atoms with Crippen LogP contribution in [0, 0.1) is 5.92 Å². The number of ketones is 1. The van der Waals surface area contributed by atoms with Crippen LogP contribution in [-0.4, -0.2) is 33.4 Å². The molecule has 4 heterocycles. The van der Waals surface area contributed by atoms with Gasteiger partial charge in [0, 0.05) is 43.9 Å². The molecule has 0 radical (unpaired) electrons. The Morgan fingerprint density at radius 3 is 2.54 bits per heavy atom. The SMILES string of the molecule is CC(C)(C)c1ccc(/C=C2\Oc3c(ccc(O)c3CN3C[C@H]4C[C@@H](C3)c3cccc(=O)n3C4)C2=O)cc1. The van der Waals surface area contributed by atoms with E-state index in [2.05, 4.69) is 43.9 Å². The van der Waals surface area contributed by atoms with Crippen molar-refractivity contribution < 1.29 is 14.6 Å². The van der Waals surface area contributed by atoms with Crippen LogP contribution < -0.4 is 10.3 Å². The van der Waals surface area contributed by atoms with Crippen LogP contribution in [0.2, 0.25) is 0 Å². The number of carbonyl (C=O) groups excluding carboxylic acids is 1. The van der Waals surface area contributed by atoms with Crippen LogP contribution in [0.1, 0.15) is 65.9 Å². The van der Waals surface area contributed by atoms with E-state index in [9.17, 15) is 14.7 Å². The second-order valence-electron chi connectivity index (χ2n) is 11.6. The lowest BCUT2D eigenvalue weighted by molar-refractivity contribution is 0.101. The van der Waals surface area contributed by atoms with E-state index in [-0.39, 0.29) is 34.2 Å². The van der Waals surface area contributed by atoms with Crippen LogP contribution in [0.5, 0.6) is 11.5 Å². The normalized spacial score (nSPS) is 22.0. The standard InChI is InChI=1S/C31H32N2O4/c1-31(2,3)22-9-7-19(8-10-22)14-27-29(36)23-11-12-26(34)24(30(23)37-27)18-32-15-20-13-21(17-32)25-5-4-6-28(35)33(25)16-20/h4-12,14,20-21,34H,13,15-18H2,1-3H3/b27-14-/t20-,21+/m1/s1. The molecule has 3 aliphatic heterocycles. The molecule has 6 rings (SSSR count). The summed E-state index contributed by atoms with van der Waals surface area (Å²) >= 11 is 0. The van der Waals surface area contributed by atoms with Gasteiger partial charge in [0.2, 0.25) is 5.78 Å². The molecule has 190 valence electrons. The van der Waals surface area contributed by atoms with Crippen molar-refractivity contribution in [3.63, 3.8) is 0 Å². The Labute approximate surface area is 216 Å². The molecule has 3 aliphatic rings. The largest absolute Gasteiger partial charge is 0.507 e. The number of aromatic nitrogens is 1. The van der Waals surface area contributed by atoms with Gasteiger partial charge in [-0.25, -0.2) is 0 Å². The number of benzene rings is 2. The van der Waals surface area contributed by atoms with E-state index in [1.807, 2.05) is 22.8 Å². The average Bonchev–Trinajstić information content (AvgIpc) is 3.16. The molecule has 1 N–H and O–H groups in total.